The van der Waals surface area contributed by atoms with Crippen molar-refractivity contribution in [2.45, 2.75) is 33.1 Å². The molecule has 1 aliphatic carbocycles. The monoisotopic (exact) mass is 124 g/mol. The van der Waals surface area contributed by atoms with Crippen LogP contribution in [0.3, 0.4) is 0 Å². The molecule has 1 saturated carbocycles. The van der Waals surface area contributed by atoms with E-state index in [-0.39, 0.29) is 0 Å². The summed E-state index contributed by atoms with van der Waals surface area (Å²) < 4.78 is 0. The van der Waals surface area contributed by atoms with Gasteiger partial charge in [0.25, 0.3) is 0 Å². The zero-order chi connectivity index (χ0) is 6.85. The number of hydrogen-bond acceptors (Lipinski definition) is 0. The van der Waals surface area contributed by atoms with Crippen LogP contribution in [0, 0.1) is 11.8 Å². The van der Waals surface area contributed by atoms with Crippen LogP contribution in [0.2, 0.25) is 0 Å². The molecule has 0 atom stereocenters. The van der Waals surface area contributed by atoms with Crippen LogP contribution in [-0.4, -0.2) is 0 Å². The van der Waals surface area contributed by atoms with Gasteiger partial charge in [0.2, 0.25) is 0 Å². The lowest BCUT2D eigenvalue weighted by molar-refractivity contribution is 0.211. The first-order valence-corrected chi connectivity index (χ1v) is 3.83. The van der Waals surface area contributed by atoms with Crippen molar-refractivity contribution in [2.24, 2.45) is 11.8 Å². The molecule has 0 aliphatic heterocycles. The molecule has 0 unspecified atom stereocenters. The molecule has 0 N–H and O–H groups in total. The molecule has 0 saturated heterocycles. The van der Waals surface area contributed by atoms with Crippen molar-refractivity contribution >= 4 is 0 Å². The molecule has 0 nitrogen and oxygen atoms in total. The lowest BCUT2D eigenvalue weighted by Gasteiger charge is -2.32. The summed E-state index contributed by atoms with van der Waals surface area (Å²) in [5.41, 5.74) is 1.35. The Bertz CT molecular complexity index is 107. The molecular weight excluding hydrogens is 108 g/mol. The minimum Gasteiger partial charge on any atom is -0.100 e. The summed E-state index contributed by atoms with van der Waals surface area (Å²) in [6, 6.07) is 0. The van der Waals surface area contributed by atoms with Gasteiger partial charge in [0.05, 0.1) is 0 Å². The predicted molar refractivity (Wildman–Crippen MR) is 41.3 cm³/mol. The first kappa shape index (κ1) is 6.85. The fourth-order valence-corrected chi connectivity index (χ4v) is 1.73. The van der Waals surface area contributed by atoms with Crippen LogP contribution < -0.4 is 0 Å². The summed E-state index contributed by atoms with van der Waals surface area (Å²) in [5.74, 6) is 1.98. The van der Waals surface area contributed by atoms with Gasteiger partial charge in [-0.05, 0) is 38.0 Å². The van der Waals surface area contributed by atoms with Crippen LogP contribution >= 0.6 is 0 Å². The topological polar surface area (TPSA) is 0 Å². The van der Waals surface area contributed by atoms with Crippen molar-refractivity contribution in [1.29, 1.82) is 0 Å². The molecule has 1 fully saturated rings. The fourth-order valence-electron chi connectivity index (χ4n) is 1.73. The van der Waals surface area contributed by atoms with Crippen molar-refractivity contribution in [2.75, 3.05) is 0 Å². The van der Waals surface area contributed by atoms with Gasteiger partial charge in [0, 0.05) is 0 Å². The fraction of sp³-hybridized carbons (Fsp3) is 0.778. The summed E-state index contributed by atoms with van der Waals surface area (Å²) in [6.45, 7) is 8.36. The maximum Gasteiger partial charge on any atom is -0.0297 e. The highest BCUT2D eigenvalue weighted by molar-refractivity contribution is 4.93. The summed E-state index contributed by atoms with van der Waals surface area (Å²) in [4.78, 5) is 0. The van der Waals surface area contributed by atoms with Crippen LogP contribution in [0.1, 0.15) is 33.1 Å². The first-order valence-electron chi connectivity index (χ1n) is 3.83. The van der Waals surface area contributed by atoms with Gasteiger partial charge in [0.1, 0.15) is 0 Å². The Morgan fingerprint density at radius 1 is 1.56 bits per heavy atom. The number of allylic oxidation sites excluding steroid dienone is 1. The maximum absolute atomic E-state index is 3.90. The van der Waals surface area contributed by atoms with E-state index in [1.807, 2.05) is 0 Å². The molecule has 0 heteroatoms. The minimum absolute atomic E-state index is 0.984. The predicted octanol–water partition coefficient (Wildman–Crippen LogP) is 3.00. The van der Waals surface area contributed by atoms with Crippen LogP contribution in [0.15, 0.2) is 12.2 Å². The van der Waals surface area contributed by atoms with Crippen LogP contribution in [0.5, 0.6) is 0 Å². The van der Waals surface area contributed by atoms with Crippen molar-refractivity contribution < 1.29 is 0 Å². The molecule has 0 aromatic rings. The van der Waals surface area contributed by atoms with Crippen molar-refractivity contribution in [1.82, 2.24) is 0 Å². The molecule has 0 spiro atoms. The highest BCUT2D eigenvalue weighted by atomic mass is 14.3. The summed E-state index contributed by atoms with van der Waals surface area (Å²) in [7, 11) is 0. The maximum atomic E-state index is 3.90. The molecule has 0 radical (unpaired) electrons. The lowest BCUT2D eigenvalue weighted by atomic mass is 9.73. The Morgan fingerprint density at radius 3 is 2.44 bits per heavy atom. The highest BCUT2D eigenvalue weighted by Crippen LogP contribution is 2.36. The molecule has 0 aromatic heterocycles. The van der Waals surface area contributed by atoms with Gasteiger partial charge in [-0.2, -0.15) is 0 Å². The SMILES string of the molecule is C=C(C)CC1CC(C)C1. The van der Waals surface area contributed by atoms with Gasteiger partial charge in [0.15, 0.2) is 0 Å². The quantitative estimate of drug-likeness (QED) is 0.496. The molecule has 1 rings (SSSR count). The molecular formula is C9H16. The summed E-state index contributed by atoms with van der Waals surface area (Å²) in [5, 5.41) is 0. The van der Waals surface area contributed by atoms with Gasteiger partial charge in [-0.3, -0.25) is 0 Å². The molecule has 0 bridgehead atoms. The Balaban J connectivity index is 2.11. The largest absolute Gasteiger partial charge is 0.100 e. The molecule has 0 amide bonds. The summed E-state index contributed by atoms with van der Waals surface area (Å²) in [6.07, 6.45) is 4.14. The minimum atomic E-state index is 0.984. The zero-order valence-electron chi connectivity index (χ0n) is 6.48. The first-order chi connectivity index (χ1) is 4.18. The van der Waals surface area contributed by atoms with E-state index in [1.165, 1.54) is 24.8 Å². The Hall–Kier alpha value is -0.260. The van der Waals surface area contributed by atoms with E-state index in [1.54, 1.807) is 0 Å². The van der Waals surface area contributed by atoms with Gasteiger partial charge in [-0.25, -0.2) is 0 Å². The van der Waals surface area contributed by atoms with Gasteiger partial charge in [-0.1, -0.05) is 12.5 Å². The van der Waals surface area contributed by atoms with E-state index in [9.17, 15) is 0 Å². The average Bonchev–Trinajstić information content (AvgIpc) is 1.60. The smallest absolute Gasteiger partial charge is 0.0297 e. The molecule has 9 heavy (non-hydrogen) atoms. The Kier molecular flexibility index (Phi) is 1.94. The second-order valence-corrected chi connectivity index (χ2v) is 3.60. The lowest BCUT2D eigenvalue weighted by Crippen LogP contribution is -2.20. The van der Waals surface area contributed by atoms with E-state index in [0.29, 0.717) is 0 Å². The highest BCUT2D eigenvalue weighted by Gasteiger charge is 2.24. The van der Waals surface area contributed by atoms with Crippen molar-refractivity contribution in [3.8, 4) is 0 Å². The third-order valence-electron chi connectivity index (χ3n) is 2.11. The van der Waals surface area contributed by atoms with E-state index in [0.717, 1.165) is 11.8 Å². The summed E-state index contributed by atoms with van der Waals surface area (Å²) >= 11 is 0. The number of hydrogen-bond donors (Lipinski definition) is 0. The van der Waals surface area contributed by atoms with Crippen LogP contribution in [-0.2, 0) is 0 Å². The third-order valence-corrected chi connectivity index (χ3v) is 2.11. The van der Waals surface area contributed by atoms with Crippen LogP contribution in [0.4, 0.5) is 0 Å². The van der Waals surface area contributed by atoms with Crippen molar-refractivity contribution in [3.05, 3.63) is 12.2 Å². The van der Waals surface area contributed by atoms with Crippen LogP contribution in [0.25, 0.3) is 0 Å². The zero-order valence-corrected chi connectivity index (χ0v) is 6.48. The van der Waals surface area contributed by atoms with Gasteiger partial charge < -0.3 is 0 Å². The Morgan fingerprint density at radius 2 is 2.11 bits per heavy atom. The second kappa shape index (κ2) is 2.55. The molecule has 0 heterocycles. The standard InChI is InChI=1S/C9H16/c1-7(2)4-9-5-8(3)6-9/h8-9H,1,4-6H2,2-3H3. The van der Waals surface area contributed by atoms with E-state index < -0.39 is 0 Å². The van der Waals surface area contributed by atoms with E-state index in [4.69, 9.17) is 0 Å². The number of rotatable bonds is 2. The molecule has 0 aromatic carbocycles. The Labute approximate surface area is 58.0 Å². The van der Waals surface area contributed by atoms with E-state index in [2.05, 4.69) is 20.4 Å². The van der Waals surface area contributed by atoms with E-state index >= 15 is 0 Å². The third kappa shape index (κ3) is 1.85. The molecule has 52 valence electrons. The van der Waals surface area contributed by atoms with Gasteiger partial charge >= 0.3 is 0 Å². The van der Waals surface area contributed by atoms with Crippen molar-refractivity contribution in [3.63, 3.8) is 0 Å². The second-order valence-electron chi connectivity index (χ2n) is 3.60. The van der Waals surface area contributed by atoms with Gasteiger partial charge in [-0.15, -0.1) is 6.58 Å². The normalized spacial score (nSPS) is 33.6. The average molecular weight is 124 g/mol. The molecule has 1 aliphatic rings.